The third-order valence-electron chi connectivity index (χ3n) is 4.37. The maximum Gasteiger partial charge on any atom is 0.305 e. The molecule has 0 amide bonds. The summed E-state index contributed by atoms with van der Waals surface area (Å²) in [6, 6.07) is 12.6. The molecule has 0 saturated carbocycles. The fourth-order valence-corrected chi connectivity index (χ4v) is 2.97. The van der Waals surface area contributed by atoms with Gasteiger partial charge in [0, 0.05) is 6.42 Å². The molecule has 0 fully saturated rings. The minimum absolute atomic E-state index is 0.120. The lowest BCUT2D eigenvalue weighted by Crippen LogP contribution is -2.23. The minimum atomic E-state index is -0.279. The van der Waals surface area contributed by atoms with Crippen LogP contribution in [-0.4, -0.2) is 19.1 Å². The number of rotatable bonds is 11. The normalized spacial score (nSPS) is 11.0. The van der Waals surface area contributed by atoms with Gasteiger partial charge in [0.25, 0.3) is 0 Å². The first-order chi connectivity index (χ1) is 13.1. The van der Waals surface area contributed by atoms with Crippen molar-refractivity contribution in [3.63, 3.8) is 0 Å². The third kappa shape index (κ3) is 7.47. The lowest BCUT2D eigenvalue weighted by molar-refractivity contribution is -0.143. The zero-order valence-corrected chi connectivity index (χ0v) is 15.7. The van der Waals surface area contributed by atoms with Crippen LogP contribution in [0.3, 0.4) is 0 Å². The Morgan fingerprint density at radius 1 is 0.889 bits per heavy atom. The summed E-state index contributed by atoms with van der Waals surface area (Å²) in [6.45, 7) is 3.01. The highest BCUT2D eigenvalue weighted by Crippen LogP contribution is 2.23. The Hall–Kier alpha value is -2.27. The van der Waals surface area contributed by atoms with Gasteiger partial charge in [0.05, 0.1) is 12.6 Å². The molecule has 0 aromatic heterocycles. The summed E-state index contributed by atoms with van der Waals surface area (Å²) in [7, 11) is 0. The second-order valence-electron chi connectivity index (χ2n) is 6.46. The minimum Gasteiger partial charge on any atom is -0.466 e. The molecule has 1 N–H and O–H groups in total. The van der Waals surface area contributed by atoms with Gasteiger partial charge in [-0.3, -0.25) is 4.79 Å². The number of ether oxygens (including phenoxy) is 1. The molecule has 0 aliphatic heterocycles. The van der Waals surface area contributed by atoms with Crippen LogP contribution in [0.5, 0.6) is 0 Å². The van der Waals surface area contributed by atoms with Crippen LogP contribution in [0.1, 0.15) is 56.2 Å². The third-order valence-corrected chi connectivity index (χ3v) is 4.37. The van der Waals surface area contributed by atoms with Crippen LogP contribution in [0.15, 0.2) is 48.5 Å². The quantitative estimate of drug-likeness (QED) is 0.436. The molecule has 146 valence electrons. The summed E-state index contributed by atoms with van der Waals surface area (Å²) in [6.07, 6.45) is 4.24. The van der Waals surface area contributed by atoms with Crippen LogP contribution in [-0.2, 0) is 9.53 Å². The van der Waals surface area contributed by atoms with Crippen molar-refractivity contribution in [2.24, 2.45) is 0 Å². The first-order valence-electron chi connectivity index (χ1n) is 9.50. The summed E-state index contributed by atoms with van der Waals surface area (Å²) in [5.74, 6) is -0.695. The van der Waals surface area contributed by atoms with Gasteiger partial charge < -0.3 is 10.1 Å². The molecule has 0 saturated heterocycles. The molecule has 0 atom stereocenters. The summed E-state index contributed by atoms with van der Waals surface area (Å²) in [5.41, 5.74) is 1.87. The molecule has 0 heterocycles. The number of carbonyl (C=O) groups is 1. The van der Waals surface area contributed by atoms with Crippen LogP contribution >= 0.6 is 0 Å². The standard InChI is InChI=1S/C22H27F2NO2/c1-2-27-21(26)7-5-3-4-6-16-25-22(17-8-12-19(23)13-9-17)18-10-14-20(24)15-11-18/h8-15,22,25H,2-7,16H2,1H3. The van der Waals surface area contributed by atoms with Crippen molar-refractivity contribution in [1.82, 2.24) is 5.32 Å². The van der Waals surface area contributed by atoms with Crippen molar-refractivity contribution in [2.75, 3.05) is 13.2 Å². The summed E-state index contributed by atoms with van der Waals surface area (Å²) < 4.78 is 31.4. The predicted octanol–water partition coefficient (Wildman–Crippen LogP) is 5.16. The lowest BCUT2D eigenvalue weighted by atomic mass is 9.98. The Bertz CT molecular complexity index is 641. The van der Waals surface area contributed by atoms with Gasteiger partial charge in [-0.1, -0.05) is 37.1 Å². The van der Waals surface area contributed by atoms with Crippen LogP contribution in [0.2, 0.25) is 0 Å². The van der Waals surface area contributed by atoms with E-state index in [2.05, 4.69) is 5.32 Å². The zero-order chi connectivity index (χ0) is 19.5. The number of esters is 1. The van der Waals surface area contributed by atoms with Crippen molar-refractivity contribution in [1.29, 1.82) is 0 Å². The number of carbonyl (C=O) groups excluding carboxylic acids is 1. The number of benzene rings is 2. The van der Waals surface area contributed by atoms with E-state index in [-0.39, 0.29) is 23.6 Å². The number of halogens is 2. The van der Waals surface area contributed by atoms with Gasteiger partial charge in [-0.15, -0.1) is 0 Å². The average molecular weight is 375 g/mol. The maximum absolute atomic E-state index is 13.2. The smallest absolute Gasteiger partial charge is 0.305 e. The molecule has 2 aromatic rings. The van der Waals surface area contributed by atoms with E-state index in [0.29, 0.717) is 13.0 Å². The molecule has 0 aliphatic carbocycles. The Morgan fingerprint density at radius 3 is 1.93 bits per heavy atom. The SMILES string of the molecule is CCOC(=O)CCCCCCNC(c1ccc(F)cc1)c1ccc(F)cc1. The molecule has 5 heteroatoms. The molecule has 0 radical (unpaired) electrons. The Morgan fingerprint density at radius 2 is 1.41 bits per heavy atom. The summed E-state index contributed by atoms with van der Waals surface area (Å²) >= 11 is 0. The first kappa shape index (κ1) is 21.0. The van der Waals surface area contributed by atoms with E-state index < -0.39 is 0 Å². The molecular weight excluding hydrogens is 348 g/mol. The van der Waals surface area contributed by atoms with Crippen LogP contribution < -0.4 is 5.32 Å². The van der Waals surface area contributed by atoms with E-state index >= 15 is 0 Å². The predicted molar refractivity (Wildman–Crippen MR) is 102 cm³/mol. The summed E-state index contributed by atoms with van der Waals surface area (Å²) in [4.78, 5) is 11.3. The lowest BCUT2D eigenvalue weighted by Gasteiger charge is -2.20. The fraction of sp³-hybridized carbons (Fsp3) is 0.409. The van der Waals surface area contributed by atoms with Gasteiger partial charge in [-0.2, -0.15) is 0 Å². The van der Waals surface area contributed by atoms with Crippen LogP contribution in [0.4, 0.5) is 8.78 Å². The highest BCUT2D eigenvalue weighted by atomic mass is 19.1. The molecule has 3 nitrogen and oxygen atoms in total. The van der Waals surface area contributed by atoms with Crippen molar-refractivity contribution in [3.8, 4) is 0 Å². The monoisotopic (exact) mass is 375 g/mol. The van der Waals surface area contributed by atoms with E-state index in [1.54, 1.807) is 24.3 Å². The van der Waals surface area contributed by atoms with Gasteiger partial charge in [0.1, 0.15) is 11.6 Å². The number of nitrogens with one attached hydrogen (secondary N) is 1. The number of hydrogen-bond donors (Lipinski definition) is 1. The van der Waals surface area contributed by atoms with Gasteiger partial charge in [-0.05, 0) is 61.7 Å². The largest absolute Gasteiger partial charge is 0.466 e. The van der Waals surface area contributed by atoms with Crippen LogP contribution in [0.25, 0.3) is 0 Å². The molecule has 0 unspecified atom stereocenters. The molecule has 0 bridgehead atoms. The van der Waals surface area contributed by atoms with Gasteiger partial charge in [-0.25, -0.2) is 8.78 Å². The molecule has 2 rings (SSSR count). The molecule has 27 heavy (non-hydrogen) atoms. The molecular formula is C22H27F2NO2. The van der Waals surface area contributed by atoms with Crippen molar-refractivity contribution < 1.29 is 18.3 Å². The van der Waals surface area contributed by atoms with Crippen molar-refractivity contribution in [3.05, 3.63) is 71.3 Å². The van der Waals surface area contributed by atoms with Crippen LogP contribution in [0, 0.1) is 11.6 Å². The van der Waals surface area contributed by atoms with Gasteiger partial charge >= 0.3 is 5.97 Å². The highest BCUT2D eigenvalue weighted by molar-refractivity contribution is 5.69. The molecule has 0 spiro atoms. The maximum atomic E-state index is 13.2. The zero-order valence-electron chi connectivity index (χ0n) is 15.7. The highest BCUT2D eigenvalue weighted by Gasteiger charge is 2.13. The second-order valence-corrected chi connectivity index (χ2v) is 6.46. The van der Waals surface area contributed by atoms with Gasteiger partial charge in [0.15, 0.2) is 0 Å². The summed E-state index contributed by atoms with van der Waals surface area (Å²) in [5, 5.41) is 3.47. The fourth-order valence-electron chi connectivity index (χ4n) is 2.97. The second kappa shape index (κ2) is 11.4. The Kier molecular flexibility index (Phi) is 8.92. The van der Waals surface area contributed by atoms with Crippen molar-refractivity contribution in [2.45, 2.75) is 45.1 Å². The number of unbranched alkanes of at least 4 members (excludes halogenated alkanes) is 3. The van der Waals surface area contributed by atoms with E-state index in [1.807, 2.05) is 6.92 Å². The van der Waals surface area contributed by atoms with E-state index in [4.69, 9.17) is 4.74 Å². The topological polar surface area (TPSA) is 38.3 Å². The number of hydrogen-bond acceptors (Lipinski definition) is 3. The molecule has 2 aromatic carbocycles. The van der Waals surface area contributed by atoms with E-state index in [9.17, 15) is 13.6 Å². The average Bonchev–Trinajstić information content (AvgIpc) is 2.66. The van der Waals surface area contributed by atoms with E-state index in [0.717, 1.165) is 43.4 Å². The molecule has 0 aliphatic rings. The van der Waals surface area contributed by atoms with E-state index in [1.165, 1.54) is 24.3 Å². The Balaban J connectivity index is 1.83. The Labute approximate surface area is 159 Å². The first-order valence-corrected chi connectivity index (χ1v) is 9.50. The van der Waals surface area contributed by atoms with Crippen molar-refractivity contribution >= 4 is 5.97 Å². The van der Waals surface area contributed by atoms with Gasteiger partial charge in [0.2, 0.25) is 0 Å².